The number of anilines is 3. The molecule has 35 heavy (non-hydrogen) atoms. The SMILES string of the molecule is CNc1nc(NC(Cc2ccccc2)c2ccccc2)ncc1N(C)SOC.NC1CCCCC1. The second-order valence-corrected chi connectivity index (χ2v) is 9.64. The third kappa shape index (κ3) is 8.72. The third-order valence-corrected chi connectivity index (χ3v) is 6.54. The molecule has 1 aliphatic carbocycles. The Morgan fingerprint density at radius 1 is 1.06 bits per heavy atom. The monoisotopic (exact) mass is 494 g/mol. The van der Waals surface area contributed by atoms with E-state index in [0.29, 0.717) is 12.0 Å². The number of nitrogens with zero attached hydrogens (tertiary/aromatic N) is 3. The van der Waals surface area contributed by atoms with Gasteiger partial charge in [-0.25, -0.2) is 4.98 Å². The number of hydrogen-bond donors (Lipinski definition) is 3. The van der Waals surface area contributed by atoms with Crippen molar-refractivity contribution in [2.75, 3.05) is 36.1 Å². The van der Waals surface area contributed by atoms with Crippen molar-refractivity contribution in [2.24, 2.45) is 5.73 Å². The molecule has 0 amide bonds. The van der Waals surface area contributed by atoms with Gasteiger partial charge in [0.15, 0.2) is 5.82 Å². The topological polar surface area (TPSA) is 88.3 Å². The summed E-state index contributed by atoms with van der Waals surface area (Å²) in [4.78, 5) is 9.18. The minimum Gasteiger partial charge on any atom is -0.371 e. The molecule has 4 rings (SSSR count). The summed E-state index contributed by atoms with van der Waals surface area (Å²) in [5.74, 6) is 1.31. The van der Waals surface area contributed by atoms with E-state index < -0.39 is 0 Å². The summed E-state index contributed by atoms with van der Waals surface area (Å²) in [5, 5.41) is 6.63. The summed E-state index contributed by atoms with van der Waals surface area (Å²) in [6, 6.07) is 21.4. The molecule has 1 saturated carbocycles. The van der Waals surface area contributed by atoms with Gasteiger partial charge >= 0.3 is 0 Å². The molecule has 8 heteroatoms. The largest absolute Gasteiger partial charge is 0.371 e. The normalized spacial score (nSPS) is 14.4. The van der Waals surface area contributed by atoms with Crippen LogP contribution in [-0.4, -0.2) is 37.2 Å². The molecule has 1 fully saturated rings. The number of nitrogens with one attached hydrogen (secondary N) is 2. The van der Waals surface area contributed by atoms with E-state index >= 15 is 0 Å². The lowest BCUT2D eigenvalue weighted by Gasteiger charge is -2.22. The molecule has 0 spiro atoms. The highest BCUT2D eigenvalue weighted by atomic mass is 32.2. The van der Waals surface area contributed by atoms with Gasteiger partial charge in [-0.15, -0.1) is 0 Å². The van der Waals surface area contributed by atoms with Crippen molar-refractivity contribution < 1.29 is 4.18 Å². The molecule has 1 atom stereocenters. The summed E-state index contributed by atoms with van der Waals surface area (Å²) >= 11 is 1.23. The minimum absolute atomic E-state index is 0.0604. The molecule has 4 N–H and O–H groups in total. The Balaban J connectivity index is 0.000000420. The molecule has 7 nitrogen and oxygen atoms in total. The quantitative estimate of drug-likeness (QED) is 0.253. The van der Waals surface area contributed by atoms with Gasteiger partial charge in [-0.1, -0.05) is 79.9 Å². The standard InChI is InChI=1S/C21H25N5OS.C6H13N/c1-22-20-19(26(2)28-27-3)15-23-21(25-20)24-18(17-12-8-5-9-13-17)14-16-10-6-4-7-11-16;7-6-4-2-1-3-5-6/h4-13,15,18H,14H2,1-3H3,(H2,22,23,24,25);6H,1-5,7H2. The molecule has 1 unspecified atom stereocenters. The molecular weight excluding hydrogens is 456 g/mol. The molecule has 2 aromatic carbocycles. The molecule has 0 saturated heterocycles. The molecule has 1 heterocycles. The maximum absolute atomic E-state index is 5.63. The van der Waals surface area contributed by atoms with Crippen LogP contribution in [0, 0.1) is 0 Å². The van der Waals surface area contributed by atoms with Gasteiger partial charge in [-0.05, 0) is 30.4 Å². The fourth-order valence-corrected chi connectivity index (χ4v) is 4.53. The van der Waals surface area contributed by atoms with Crippen LogP contribution in [0.4, 0.5) is 17.5 Å². The van der Waals surface area contributed by atoms with E-state index in [1.807, 2.05) is 30.5 Å². The zero-order chi connectivity index (χ0) is 24.9. The van der Waals surface area contributed by atoms with Crippen molar-refractivity contribution in [3.63, 3.8) is 0 Å². The summed E-state index contributed by atoms with van der Waals surface area (Å²) < 4.78 is 6.99. The highest BCUT2D eigenvalue weighted by Crippen LogP contribution is 2.29. The fraction of sp³-hybridized carbons (Fsp3) is 0.407. The van der Waals surface area contributed by atoms with E-state index in [9.17, 15) is 0 Å². The van der Waals surface area contributed by atoms with Crippen molar-refractivity contribution in [1.82, 2.24) is 9.97 Å². The maximum atomic E-state index is 5.63. The van der Waals surface area contributed by atoms with Gasteiger partial charge in [-0.2, -0.15) is 4.98 Å². The van der Waals surface area contributed by atoms with E-state index in [0.717, 1.165) is 17.9 Å². The second-order valence-electron chi connectivity index (χ2n) is 8.61. The Labute approximate surface area is 214 Å². The van der Waals surface area contributed by atoms with E-state index in [1.165, 1.54) is 55.5 Å². The van der Waals surface area contributed by atoms with Gasteiger partial charge < -0.3 is 16.4 Å². The predicted octanol–water partition coefficient (Wildman–Crippen LogP) is 5.84. The first-order valence-corrected chi connectivity index (χ1v) is 12.9. The average molecular weight is 495 g/mol. The third-order valence-electron chi connectivity index (χ3n) is 5.97. The van der Waals surface area contributed by atoms with Crippen LogP contribution < -0.4 is 20.7 Å². The number of rotatable bonds is 9. The molecule has 3 aromatic rings. The van der Waals surface area contributed by atoms with Gasteiger partial charge in [0.2, 0.25) is 5.95 Å². The molecular formula is C27H38N6OS. The molecule has 0 radical (unpaired) electrons. The van der Waals surface area contributed by atoms with Crippen molar-refractivity contribution in [3.8, 4) is 0 Å². The highest BCUT2D eigenvalue weighted by Gasteiger charge is 2.16. The zero-order valence-corrected chi connectivity index (χ0v) is 21.8. The van der Waals surface area contributed by atoms with Gasteiger partial charge in [0, 0.05) is 20.1 Å². The molecule has 0 aliphatic heterocycles. The Bertz CT molecular complexity index is 985. The Morgan fingerprint density at radius 2 is 1.71 bits per heavy atom. The van der Waals surface area contributed by atoms with Crippen molar-refractivity contribution in [3.05, 3.63) is 78.0 Å². The molecule has 1 aromatic heterocycles. The smallest absolute Gasteiger partial charge is 0.225 e. The number of benzene rings is 2. The number of hydrogen-bond acceptors (Lipinski definition) is 8. The van der Waals surface area contributed by atoms with Gasteiger partial charge in [-0.3, -0.25) is 8.49 Å². The lowest BCUT2D eigenvalue weighted by atomic mass is 9.97. The van der Waals surface area contributed by atoms with Crippen molar-refractivity contribution >= 4 is 29.7 Å². The Morgan fingerprint density at radius 3 is 2.29 bits per heavy atom. The number of aromatic nitrogens is 2. The predicted molar refractivity (Wildman–Crippen MR) is 149 cm³/mol. The van der Waals surface area contributed by atoms with Crippen LogP contribution >= 0.6 is 12.2 Å². The van der Waals surface area contributed by atoms with E-state index in [-0.39, 0.29) is 6.04 Å². The summed E-state index contributed by atoms with van der Waals surface area (Å²) in [7, 11) is 5.38. The Kier molecular flexibility index (Phi) is 11.1. The average Bonchev–Trinajstić information content (AvgIpc) is 2.90. The second kappa shape index (κ2) is 14.6. The van der Waals surface area contributed by atoms with Crippen LogP contribution in [0.15, 0.2) is 66.9 Å². The molecule has 188 valence electrons. The molecule has 0 bridgehead atoms. The Hall–Kier alpha value is -2.81. The first kappa shape index (κ1) is 26.8. The number of nitrogens with two attached hydrogens (primary N) is 1. The van der Waals surface area contributed by atoms with Gasteiger partial charge in [0.1, 0.15) is 17.9 Å². The van der Waals surface area contributed by atoms with Crippen LogP contribution in [0.5, 0.6) is 0 Å². The van der Waals surface area contributed by atoms with Crippen molar-refractivity contribution in [2.45, 2.75) is 50.6 Å². The van der Waals surface area contributed by atoms with Crippen LogP contribution in [0.1, 0.15) is 49.3 Å². The van der Waals surface area contributed by atoms with E-state index in [2.05, 4.69) is 69.1 Å². The van der Waals surface area contributed by atoms with Gasteiger partial charge in [0.05, 0.1) is 19.3 Å². The van der Waals surface area contributed by atoms with Crippen LogP contribution in [0.2, 0.25) is 0 Å². The van der Waals surface area contributed by atoms with E-state index in [1.54, 1.807) is 13.3 Å². The van der Waals surface area contributed by atoms with Crippen LogP contribution in [0.3, 0.4) is 0 Å². The zero-order valence-electron chi connectivity index (χ0n) is 21.0. The lowest BCUT2D eigenvalue weighted by Crippen LogP contribution is -2.22. The highest BCUT2D eigenvalue weighted by molar-refractivity contribution is 7.96. The van der Waals surface area contributed by atoms with Crippen LogP contribution in [-0.2, 0) is 10.6 Å². The summed E-state index contributed by atoms with van der Waals surface area (Å²) in [6.07, 6.45) is 9.29. The van der Waals surface area contributed by atoms with Crippen molar-refractivity contribution in [1.29, 1.82) is 0 Å². The minimum atomic E-state index is 0.0604. The summed E-state index contributed by atoms with van der Waals surface area (Å²) in [5.41, 5.74) is 8.93. The van der Waals surface area contributed by atoms with E-state index in [4.69, 9.17) is 9.92 Å². The van der Waals surface area contributed by atoms with Crippen LogP contribution in [0.25, 0.3) is 0 Å². The maximum Gasteiger partial charge on any atom is 0.225 e. The first-order valence-electron chi connectivity index (χ1n) is 12.2. The first-order chi connectivity index (χ1) is 17.1. The lowest BCUT2D eigenvalue weighted by molar-refractivity contribution is 0.441. The molecule has 1 aliphatic rings. The fourth-order valence-electron chi connectivity index (χ4n) is 4.09. The van der Waals surface area contributed by atoms with Gasteiger partial charge in [0.25, 0.3) is 0 Å². The summed E-state index contributed by atoms with van der Waals surface area (Å²) in [6.45, 7) is 0.